The summed E-state index contributed by atoms with van der Waals surface area (Å²) in [4.78, 5) is 12.5. The summed E-state index contributed by atoms with van der Waals surface area (Å²) in [6.45, 7) is 1.51. The van der Waals surface area contributed by atoms with E-state index in [4.69, 9.17) is 26.8 Å². The van der Waals surface area contributed by atoms with Gasteiger partial charge >= 0.3 is 0 Å². The van der Waals surface area contributed by atoms with Gasteiger partial charge in [-0.1, -0.05) is 41.9 Å². The third kappa shape index (κ3) is 3.43. The number of carbonyl (C=O) groups excluding carboxylic acids is 1. The Labute approximate surface area is 211 Å². The van der Waals surface area contributed by atoms with Crippen LogP contribution < -0.4 is 25.8 Å². The number of nitrogens with one attached hydrogen (secondary N) is 2. The first-order chi connectivity index (χ1) is 17.4. The molecule has 6 nitrogen and oxygen atoms in total. The lowest BCUT2D eigenvalue weighted by atomic mass is 9.80. The summed E-state index contributed by atoms with van der Waals surface area (Å²) in [7, 11) is 0. The minimum absolute atomic E-state index is 0.0546. The summed E-state index contributed by atoms with van der Waals surface area (Å²) in [5.74, 6) is -2.25. The highest BCUT2D eigenvalue weighted by atomic mass is 35.5. The maximum Gasteiger partial charge on any atom is 0.249 e. The number of hydrogen-bond acceptors (Lipinski definition) is 5. The molecule has 0 aliphatic carbocycles. The molecule has 3 aliphatic heterocycles. The van der Waals surface area contributed by atoms with Crippen molar-refractivity contribution in [3.63, 3.8) is 0 Å². The molecule has 3 aromatic rings. The quantitative estimate of drug-likeness (QED) is 0.470. The third-order valence-corrected chi connectivity index (χ3v) is 7.67. The van der Waals surface area contributed by atoms with Gasteiger partial charge < -0.3 is 25.8 Å². The van der Waals surface area contributed by atoms with Gasteiger partial charge in [-0.15, -0.1) is 0 Å². The number of carbonyl (C=O) groups is 1. The van der Waals surface area contributed by atoms with Crippen LogP contribution in [0.15, 0.2) is 42.5 Å². The number of primary amides is 1. The first-order valence-corrected chi connectivity index (χ1v) is 12.3. The predicted molar refractivity (Wildman–Crippen MR) is 133 cm³/mol. The number of nitrogens with two attached hydrogens (primary N) is 1. The van der Waals surface area contributed by atoms with E-state index in [1.165, 1.54) is 12.1 Å². The topological polar surface area (TPSA) is 85.6 Å². The van der Waals surface area contributed by atoms with Gasteiger partial charge in [-0.3, -0.25) is 4.79 Å². The van der Waals surface area contributed by atoms with Gasteiger partial charge in [-0.2, -0.15) is 0 Å². The van der Waals surface area contributed by atoms with Crippen LogP contribution in [0.5, 0.6) is 11.5 Å². The molecule has 3 aromatic carbocycles. The van der Waals surface area contributed by atoms with Crippen LogP contribution in [-0.2, 0) is 12.0 Å². The van der Waals surface area contributed by atoms with Gasteiger partial charge in [0.05, 0.1) is 22.3 Å². The van der Waals surface area contributed by atoms with Gasteiger partial charge in [0.15, 0.2) is 17.2 Å². The Morgan fingerprint density at radius 1 is 1.14 bits per heavy atom. The molecule has 1 amide bonds. The zero-order valence-corrected chi connectivity index (χ0v) is 20.1. The highest BCUT2D eigenvalue weighted by Gasteiger charge is 2.50. The monoisotopic (exact) mass is 511 g/mol. The van der Waals surface area contributed by atoms with Crippen molar-refractivity contribution in [1.82, 2.24) is 5.32 Å². The number of amides is 1. The predicted octanol–water partition coefficient (Wildman–Crippen LogP) is 4.77. The third-order valence-electron chi connectivity index (χ3n) is 7.30. The molecule has 0 aromatic heterocycles. The Kier molecular flexibility index (Phi) is 5.53. The first-order valence-electron chi connectivity index (χ1n) is 11.9. The van der Waals surface area contributed by atoms with E-state index in [0.29, 0.717) is 24.2 Å². The number of rotatable bonds is 4. The van der Waals surface area contributed by atoms with Crippen LogP contribution >= 0.6 is 11.6 Å². The van der Waals surface area contributed by atoms with Gasteiger partial charge in [0.2, 0.25) is 5.91 Å². The van der Waals surface area contributed by atoms with Crippen LogP contribution in [0.3, 0.4) is 0 Å². The standard InChI is InChI=1S/C27H24ClF2N3O3/c28-23-17(29)12-19-16(13-27(36-19,20-7-4-8-33-20)14-5-2-1-3-6-14)21(23)22-15(26(31)34)11-18-25(24(22)30)35-10-9-32-18/h1-3,5-6,11-12,20,32-33H,4,7-10,13H2,(H2,31,34). The lowest BCUT2D eigenvalue weighted by molar-refractivity contribution is 0.0539. The van der Waals surface area contributed by atoms with Crippen molar-refractivity contribution >= 4 is 23.2 Å². The van der Waals surface area contributed by atoms with E-state index < -0.39 is 23.1 Å². The molecular formula is C27H24ClF2N3O3. The zero-order chi connectivity index (χ0) is 25.0. The highest BCUT2D eigenvalue weighted by Crippen LogP contribution is 2.53. The van der Waals surface area contributed by atoms with Crippen molar-refractivity contribution in [2.24, 2.45) is 5.73 Å². The first kappa shape index (κ1) is 23.1. The second-order valence-electron chi connectivity index (χ2n) is 9.34. The molecule has 1 fully saturated rings. The van der Waals surface area contributed by atoms with E-state index in [2.05, 4.69) is 10.6 Å². The minimum atomic E-state index is -0.862. The van der Waals surface area contributed by atoms with Gasteiger partial charge in [0, 0.05) is 35.7 Å². The average Bonchev–Trinajstić information content (AvgIpc) is 3.55. The molecule has 0 bridgehead atoms. The molecule has 0 saturated carbocycles. The number of halogens is 3. The molecule has 186 valence electrons. The fourth-order valence-corrected chi connectivity index (χ4v) is 5.97. The molecule has 0 radical (unpaired) electrons. The summed E-state index contributed by atoms with van der Waals surface area (Å²) < 4.78 is 43.4. The average molecular weight is 512 g/mol. The number of benzene rings is 3. The van der Waals surface area contributed by atoms with Gasteiger partial charge in [-0.25, -0.2) is 8.78 Å². The van der Waals surface area contributed by atoms with Crippen LogP contribution in [0.1, 0.15) is 34.3 Å². The number of ether oxygens (including phenoxy) is 2. The van der Waals surface area contributed by atoms with E-state index in [9.17, 15) is 4.79 Å². The lowest BCUT2D eigenvalue weighted by Crippen LogP contribution is -2.48. The second kappa shape index (κ2) is 8.64. The molecule has 6 rings (SSSR count). The van der Waals surface area contributed by atoms with Crippen LogP contribution in [0.4, 0.5) is 14.5 Å². The van der Waals surface area contributed by atoms with Crippen molar-refractivity contribution < 1.29 is 23.0 Å². The minimum Gasteiger partial charge on any atom is -0.486 e. The van der Waals surface area contributed by atoms with E-state index in [-0.39, 0.29) is 45.9 Å². The van der Waals surface area contributed by atoms with Crippen LogP contribution in [0, 0.1) is 11.6 Å². The van der Waals surface area contributed by atoms with Crippen LogP contribution in [0.25, 0.3) is 11.1 Å². The Balaban J connectivity index is 1.60. The SMILES string of the molecule is NC(=O)c1cc2c(c(F)c1-c1c(Cl)c(F)cc3c1CC(c1ccccc1)(C1CCCN1)O3)OCCN2. The number of hydrogen-bond donors (Lipinski definition) is 3. The van der Waals surface area contributed by atoms with Crippen molar-refractivity contribution in [2.45, 2.75) is 30.9 Å². The Morgan fingerprint density at radius 3 is 2.67 bits per heavy atom. The zero-order valence-electron chi connectivity index (χ0n) is 19.3. The summed E-state index contributed by atoms with van der Waals surface area (Å²) in [5, 5.41) is 6.23. The number of anilines is 1. The Hall–Kier alpha value is -3.36. The lowest BCUT2D eigenvalue weighted by Gasteiger charge is -2.35. The van der Waals surface area contributed by atoms with Gasteiger partial charge in [-0.05, 0) is 31.0 Å². The smallest absolute Gasteiger partial charge is 0.249 e. The maximum atomic E-state index is 16.1. The molecule has 0 spiro atoms. The van der Waals surface area contributed by atoms with E-state index in [1.807, 2.05) is 30.3 Å². The van der Waals surface area contributed by atoms with Gasteiger partial charge in [0.1, 0.15) is 18.2 Å². The summed E-state index contributed by atoms with van der Waals surface area (Å²) in [5.41, 5.74) is 6.32. The van der Waals surface area contributed by atoms with Crippen molar-refractivity contribution in [2.75, 3.05) is 25.0 Å². The normalized spacial score (nSPS) is 22.2. The molecule has 2 unspecified atom stereocenters. The fraction of sp³-hybridized carbons (Fsp3) is 0.296. The van der Waals surface area contributed by atoms with E-state index >= 15 is 8.78 Å². The van der Waals surface area contributed by atoms with E-state index in [0.717, 1.165) is 24.9 Å². The molecule has 9 heteroatoms. The summed E-state index contributed by atoms with van der Waals surface area (Å²) in [6, 6.07) is 12.3. The molecule has 2 atom stereocenters. The fourth-order valence-electron chi connectivity index (χ4n) is 5.70. The van der Waals surface area contributed by atoms with Gasteiger partial charge in [0.25, 0.3) is 0 Å². The molecular weight excluding hydrogens is 488 g/mol. The molecule has 4 N–H and O–H groups in total. The largest absolute Gasteiger partial charge is 0.486 e. The molecule has 1 saturated heterocycles. The molecule has 3 heterocycles. The second-order valence-corrected chi connectivity index (χ2v) is 9.71. The summed E-state index contributed by atoms with van der Waals surface area (Å²) in [6.07, 6.45) is 2.12. The number of fused-ring (bicyclic) bond motifs is 2. The van der Waals surface area contributed by atoms with Crippen molar-refractivity contribution in [3.8, 4) is 22.6 Å². The van der Waals surface area contributed by atoms with Crippen LogP contribution in [-0.4, -0.2) is 31.6 Å². The molecule has 3 aliphatic rings. The van der Waals surface area contributed by atoms with Crippen molar-refractivity contribution in [1.29, 1.82) is 0 Å². The Morgan fingerprint density at radius 2 is 1.94 bits per heavy atom. The maximum absolute atomic E-state index is 16.1. The molecule has 36 heavy (non-hydrogen) atoms. The van der Waals surface area contributed by atoms with E-state index in [1.54, 1.807) is 0 Å². The highest BCUT2D eigenvalue weighted by molar-refractivity contribution is 6.34. The summed E-state index contributed by atoms with van der Waals surface area (Å²) >= 11 is 6.52. The Bertz CT molecular complexity index is 1380. The van der Waals surface area contributed by atoms with Crippen LogP contribution in [0.2, 0.25) is 5.02 Å². The van der Waals surface area contributed by atoms with Crippen molar-refractivity contribution in [3.05, 3.63) is 75.8 Å².